The third-order valence-electron chi connectivity index (χ3n) is 5.38. The van der Waals surface area contributed by atoms with Gasteiger partial charge in [0.25, 0.3) is 5.91 Å². The topological polar surface area (TPSA) is 112 Å². The van der Waals surface area contributed by atoms with Crippen molar-refractivity contribution in [3.05, 3.63) is 65.7 Å². The minimum atomic E-state index is -1.06. The zero-order valence-electron chi connectivity index (χ0n) is 15.2. The number of piperidine rings is 1. The number of carbonyl (C=O) groups is 3. The maximum absolute atomic E-state index is 13.1. The normalized spacial score (nSPS) is 19.6. The maximum Gasteiger partial charge on any atom is 0.259 e. The summed E-state index contributed by atoms with van der Waals surface area (Å²) in [6.45, 7) is 0. The van der Waals surface area contributed by atoms with Gasteiger partial charge >= 0.3 is 0 Å². The van der Waals surface area contributed by atoms with Crippen LogP contribution in [0.25, 0.3) is 10.8 Å². The van der Waals surface area contributed by atoms with Crippen LogP contribution in [-0.4, -0.2) is 38.8 Å². The van der Waals surface area contributed by atoms with Gasteiger partial charge < -0.3 is 5.11 Å². The van der Waals surface area contributed by atoms with E-state index in [1.165, 1.54) is 11.1 Å². The number of hydrogen-bond acceptors (Lipinski definition) is 6. The molecular weight excluding hydrogens is 372 g/mol. The molecule has 2 aliphatic heterocycles. The van der Waals surface area contributed by atoms with Gasteiger partial charge in [0.05, 0.1) is 23.3 Å². The molecule has 2 aromatic heterocycles. The van der Waals surface area contributed by atoms with E-state index in [0.29, 0.717) is 33.4 Å². The Morgan fingerprint density at radius 1 is 1.10 bits per heavy atom. The first kappa shape index (κ1) is 17.4. The van der Waals surface area contributed by atoms with Crippen LogP contribution in [0, 0.1) is 0 Å². The third-order valence-corrected chi connectivity index (χ3v) is 5.38. The van der Waals surface area contributed by atoms with E-state index in [1.54, 1.807) is 42.6 Å². The number of nitrogens with one attached hydrogen (secondary N) is 1. The summed E-state index contributed by atoms with van der Waals surface area (Å²) in [5.74, 6) is -1.15. The number of aliphatic hydroxyl groups is 1. The van der Waals surface area contributed by atoms with Gasteiger partial charge in [0, 0.05) is 29.0 Å². The summed E-state index contributed by atoms with van der Waals surface area (Å²) in [5, 5.41) is 14.4. The molecule has 4 heterocycles. The minimum absolute atomic E-state index is 0.170. The summed E-state index contributed by atoms with van der Waals surface area (Å²) in [5.41, 5.74) is 1.79. The Morgan fingerprint density at radius 2 is 1.97 bits per heavy atom. The standard InChI is InChI=1S/C21H16N4O4/c26-16-8-7-14(20(28)24-16)25-15-10-23-18(19(27)13-6-1-2-9-22-13)11-4-3-5-12(17(11)15)21(25)29/h1-6,9-10,14,19,27H,7-8H2,(H,24,26,28). The average Bonchev–Trinajstić information content (AvgIpc) is 3.02. The number of hydrogen-bond donors (Lipinski definition) is 2. The predicted molar refractivity (Wildman–Crippen MR) is 103 cm³/mol. The summed E-state index contributed by atoms with van der Waals surface area (Å²) in [7, 11) is 0. The summed E-state index contributed by atoms with van der Waals surface area (Å²) >= 11 is 0. The lowest BCUT2D eigenvalue weighted by Crippen LogP contribution is -2.53. The van der Waals surface area contributed by atoms with E-state index < -0.39 is 18.1 Å². The SMILES string of the molecule is O=C1CCC(N2C(=O)c3cccc4c(C(O)c5ccccn5)ncc2c34)C(=O)N1. The molecule has 2 N–H and O–H groups in total. The van der Waals surface area contributed by atoms with Crippen molar-refractivity contribution in [1.29, 1.82) is 0 Å². The summed E-state index contributed by atoms with van der Waals surface area (Å²) in [6.07, 6.45) is 2.46. The fourth-order valence-corrected chi connectivity index (χ4v) is 4.04. The highest BCUT2D eigenvalue weighted by molar-refractivity contribution is 6.27. The number of aliphatic hydroxyl groups excluding tert-OH is 1. The number of benzene rings is 1. The third kappa shape index (κ3) is 2.60. The van der Waals surface area contributed by atoms with E-state index >= 15 is 0 Å². The van der Waals surface area contributed by atoms with E-state index in [9.17, 15) is 19.5 Å². The van der Waals surface area contributed by atoms with Gasteiger partial charge in [-0.25, -0.2) is 0 Å². The molecule has 5 rings (SSSR count). The molecule has 3 amide bonds. The highest BCUT2D eigenvalue weighted by Crippen LogP contribution is 2.41. The molecule has 1 aromatic carbocycles. The second-order valence-corrected chi connectivity index (χ2v) is 7.06. The van der Waals surface area contributed by atoms with E-state index in [2.05, 4.69) is 15.3 Å². The first-order chi connectivity index (χ1) is 14.1. The lowest BCUT2D eigenvalue weighted by molar-refractivity contribution is -0.134. The summed E-state index contributed by atoms with van der Waals surface area (Å²) < 4.78 is 0. The fraction of sp³-hybridized carbons (Fsp3) is 0.190. The molecule has 8 nitrogen and oxygen atoms in total. The largest absolute Gasteiger partial charge is 0.380 e. The van der Waals surface area contributed by atoms with Gasteiger partial charge in [0.15, 0.2) is 0 Å². The molecule has 29 heavy (non-hydrogen) atoms. The molecule has 0 bridgehead atoms. The molecule has 8 heteroatoms. The Kier molecular flexibility index (Phi) is 3.88. The van der Waals surface area contributed by atoms with Crippen LogP contribution in [0.15, 0.2) is 48.8 Å². The Balaban J connectivity index is 1.64. The number of carbonyl (C=O) groups excluding carboxylic acids is 3. The van der Waals surface area contributed by atoms with Crippen molar-refractivity contribution >= 4 is 34.2 Å². The van der Waals surface area contributed by atoms with E-state index in [1.807, 2.05) is 0 Å². The molecular formula is C21H16N4O4. The molecule has 2 atom stereocenters. The van der Waals surface area contributed by atoms with Crippen LogP contribution in [0.4, 0.5) is 5.69 Å². The highest BCUT2D eigenvalue weighted by Gasteiger charge is 2.41. The lowest BCUT2D eigenvalue weighted by atomic mass is 10.0. The van der Waals surface area contributed by atoms with Gasteiger partial charge in [-0.15, -0.1) is 0 Å². The van der Waals surface area contributed by atoms with Crippen LogP contribution < -0.4 is 10.2 Å². The molecule has 0 saturated carbocycles. The number of anilines is 1. The second kappa shape index (κ2) is 6.46. The van der Waals surface area contributed by atoms with Crippen molar-refractivity contribution in [2.24, 2.45) is 0 Å². The summed E-state index contributed by atoms with van der Waals surface area (Å²) in [4.78, 5) is 47.0. The van der Waals surface area contributed by atoms with E-state index in [4.69, 9.17) is 0 Å². The monoisotopic (exact) mass is 388 g/mol. The van der Waals surface area contributed by atoms with Crippen LogP contribution in [0.5, 0.6) is 0 Å². The fourth-order valence-electron chi connectivity index (χ4n) is 4.04. The van der Waals surface area contributed by atoms with Gasteiger partial charge in [0.2, 0.25) is 11.8 Å². The van der Waals surface area contributed by atoms with Gasteiger partial charge in [-0.05, 0) is 24.6 Å². The molecule has 2 aliphatic rings. The summed E-state index contributed by atoms with van der Waals surface area (Å²) in [6, 6.07) is 9.67. The van der Waals surface area contributed by atoms with Crippen LogP contribution in [0.1, 0.15) is 40.7 Å². The molecule has 0 aliphatic carbocycles. The highest BCUT2D eigenvalue weighted by atomic mass is 16.3. The van der Waals surface area contributed by atoms with E-state index in [-0.39, 0.29) is 24.7 Å². The lowest BCUT2D eigenvalue weighted by Gasteiger charge is -2.30. The second-order valence-electron chi connectivity index (χ2n) is 7.06. The number of aromatic nitrogens is 2. The Bertz CT molecular complexity index is 1180. The first-order valence-corrected chi connectivity index (χ1v) is 9.24. The number of imide groups is 1. The Morgan fingerprint density at radius 3 is 2.72 bits per heavy atom. The Labute approximate surface area is 165 Å². The average molecular weight is 388 g/mol. The molecule has 3 aromatic rings. The van der Waals surface area contributed by atoms with Crippen molar-refractivity contribution < 1.29 is 19.5 Å². The maximum atomic E-state index is 13.1. The number of amides is 3. The van der Waals surface area contributed by atoms with E-state index in [0.717, 1.165) is 0 Å². The number of rotatable bonds is 3. The Hall–Kier alpha value is -3.65. The van der Waals surface area contributed by atoms with Crippen LogP contribution in [-0.2, 0) is 9.59 Å². The molecule has 0 spiro atoms. The van der Waals surface area contributed by atoms with Gasteiger partial charge in [-0.3, -0.25) is 34.6 Å². The van der Waals surface area contributed by atoms with Crippen molar-refractivity contribution in [2.45, 2.75) is 25.0 Å². The quantitative estimate of drug-likeness (QED) is 0.657. The predicted octanol–water partition coefficient (Wildman–Crippen LogP) is 1.48. The minimum Gasteiger partial charge on any atom is -0.380 e. The molecule has 144 valence electrons. The number of pyridine rings is 2. The molecule has 1 saturated heterocycles. The first-order valence-electron chi connectivity index (χ1n) is 9.24. The van der Waals surface area contributed by atoms with Crippen LogP contribution in [0.2, 0.25) is 0 Å². The molecule has 2 unspecified atom stereocenters. The van der Waals surface area contributed by atoms with Crippen LogP contribution in [0.3, 0.4) is 0 Å². The molecule has 1 fully saturated rings. The van der Waals surface area contributed by atoms with Crippen molar-refractivity contribution in [3.8, 4) is 0 Å². The van der Waals surface area contributed by atoms with Crippen molar-refractivity contribution in [3.63, 3.8) is 0 Å². The van der Waals surface area contributed by atoms with Crippen molar-refractivity contribution in [1.82, 2.24) is 15.3 Å². The van der Waals surface area contributed by atoms with Gasteiger partial charge in [0.1, 0.15) is 12.1 Å². The zero-order valence-corrected chi connectivity index (χ0v) is 15.2. The smallest absolute Gasteiger partial charge is 0.259 e. The van der Waals surface area contributed by atoms with Crippen LogP contribution >= 0.6 is 0 Å². The number of nitrogens with zero attached hydrogens (tertiary/aromatic N) is 3. The molecule has 0 radical (unpaired) electrons. The zero-order chi connectivity index (χ0) is 20.1. The van der Waals surface area contributed by atoms with Crippen molar-refractivity contribution in [2.75, 3.05) is 4.90 Å². The van der Waals surface area contributed by atoms with Gasteiger partial charge in [-0.2, -0.15) is 0 Å². The van der Waals surface area contributed by atoms with Gasteiger partial charge in [-0.1, -0.05) is 18.2 Å².